The van der Waals surface area contributed by atoms with E-state index in [9.17, 15) is 5.11 Å². The zero-order chi connectivity index (χ0) is 10.7. The summed E-state index contributed by atoms with van der Waals surface area (Å²) >= 11 is 0. The average Bonchev–Trinajstić information content (AvgIpc) is 2.69. The van der Waals surface area contributed by atoms with Gasteiger partial charge in [0, 0.05) is 18.0 Å². The molecule has 3 nitrogen and oxygen atoms in total. The van der Waals surface area contributed by atoms with E-state index in [4.69, 9.17) is 0 Å². The van der Waals surface area contributed by atoms with Crippen LogP contribution in [0, 0.1) is 0 Å². The second kappa shape index (κ2) is 4.00. The van der Waals surface area contributed by atoms with Crippen LogP contribution in [-0.2, 0) is 6.54 Å². The highest BCUT2D eigenvalue weighted by atomic mass is 16.3. The highest BCUT2D eigenvalue weighted by Gasteiger charge is 2.03. The van der Waals surface area contributed by atoms with Gasteiger partial charge in [0.15, 0.2) is 0 Å². The van der Waals surface area contributed by atoms with Gasteiger partial charge < -0.3 is 9.67 Å². The maximum Gasteiger partial charge on any atom is 0.132 e. The first kappa shape index (κ1) is 9.52. The summed E-state index contributed by atoms with van der Waals surface area (Å²) in [5, 5.41) is 9.61. The van der Waals surface area contributed by atoms with E-state index in [1.807, 2.05) is 22.9 Å². The monoisotopic (exact) mass is 200 g/mol. The van der Waals surface area contributed by atoms with Gasteiger partial charge in [-0.1, -0.05) is 24.8 Å². The van der Waals surface area contributed by atoms with Crippen LogP contribution in [0.3, 0.4) is 0 Å². The summed E-state index contributed by atoms with van der Waals surface area (Å²) in [5.41, 5.74) is 0.874. The number of hydrogen-bond donors (Lipinski definition) is 1. The Morgan fingerprint density at radius 1 is 1.40 bits per heavy atom. The van der Waals surface area contributed by atoms with Crippen molar-refractivity contribution in [3.8, 4) is 5.75 Å². The topological polar surface area (TPSA) is 38.0 Å². The van der Waals surface area contributed by atoms with Gasteiger partial charge in [-0.15, -0.1) is 0 Å². The number of phenols is 1. The summed E-state index contributed by atoms with van der Waals surface area (Å²) in [5.74, 6) is 1.11. The van der Waals surface area contributed by atoms with Gasteiger partial charge >= 0.3 is 0 Å². The van der Waals surface area contributed by atoms with Crippen molar-refractivity contribution in [2.45, 2.75) is 6.54 Å². The Morgan fingerprint density at radius 3 is 2.93 bits per heavy atom. The molecule has 0 aliphatic heterocycles. The minimum Gasteiger partial charge on any atom is -0.508 e. The molecule has 15 heavy (non-hydrogen) atoms. The van der Waals surface area contributed by atoms with Crippen LogP contribution in [0.4, 0.5) is 0 Å². The van der Waals surface area contributed by atoms with Crippen molar-refractivity contribution in [2.24, 2.45) is 0 Å². The van der Waals surface area contributed by atoms with Gasteiger partial charge in [-0.3, -0.25) is 0 Å². The Hall–Kier alpha value is -2.03. The Kier molecular flexibility index (Phi) is 2.54. The number of nitrogens with zero attached hydrogens (tertiary/aromatic N) is 2. The molecular weight excluding hydrogens is 188 g/mol. The van der Waals surface area contributed by atoms with Crippen LogP contribution < -0.4 is 0 Å². The molecule has 0 fully saturated rings. The Labute approximate surface area is 88.3 Å². The van der Waals surface area contributed by atoms with Gasteiger partial charge in [0.05, 0.1) is 6.54 Å². The predicted molar refractivity (Wildman–Crippen MR) is 59.5 cm³/mol. The zero-order valence-corrected chi connectivity index (χ0v) is 8.30. The fourth-order valence-electron chi connectivity index (χ4n) is 1.47. The number of phenolic OH excluding ortho intramolecular Hbond substituents is 1. The molecule has 0 amide bonds. The van der Waals surface area contributed by atoms with Crippen molar-refractivity contribution in [2.75, 3.05) is 0 Å². The van der Waals surface area contributed by atoms with Crippen molar-refractivity contribution in [3.63, 3.8) is 0 Å². The van der Waals surface area contributed by atoms with E-state index >= 15 is 0 Å². The summed E-state index contributed by atoms with van der Waals surface area (Å²) in [4.78, 5) is 4.12. The molecule has 0 spiro atoms. The highest BCUT2D eigenvalue weighted by molar-refractivity contribution is 5.38. The Morgan fingerprint density at radius 2 is 2.20 bits per heavy atom. The quantitative estimate of drug-likeness (QED) is 0.825. The molecular formula is C12H12N2O. The SMILES string of the molecule is C=Cc1nccn1Cc1ccccc1O. The highest BCUT2D eigenvalue weighted by Crippen LogP contribution is 2.17. The van der Waals surface area contributed by atoms with E-state index in [-0.39, 0.29) is 0 Å². The third-order valence-corrected chi connectivity index (χ3v) is 2.26. The molecule has 0 saturated carbocycles. The maximum absolute atomic E-state index is 9.61. The molecule has 1 aromatic heterocycles. The third-order valence-electron chi connectivity index (χ3n) is 2.26. The smallest absolute Gasteiger partial charge is 0.132 e. The van der Waals surface area contributed by atoms with Crippen molar-refractivity contribution in [3.05, 3.63) is 54.6 Å². The number of imidazole rings is 1. The van der Waals surface area contributed by atoms with Crippen molar-refractivity contribution < 1.29 is 5.11 Å². The van der Waals surface area contributed by atoms with Crippen LogP contribution in [0.2, 0.25) is 0 Å². The Balaban J connectivity index is 2.29. The molecule has 2 aromatic rings. The lowest BCUT2D eigenvalue weighted by Gasteiger charge is -2.06. The van der Waals surface area contributed by atoms with Gasteiger partial charge in [-0.05, 0) is 12.1 Å². The fourth-order valence-corrected chi connectivity index (χ4v) is 1.47. The van der Waals surface area contributed by atoms with E-state index in [0.29, 0.717) is 12.3 Å². The number of aromatic hydroxyl groups is 1. The van der Waals surface area contributed by atoms with Gasteiger partial charge in [0.2, 0.25) is 0 Å². The second-order valence-electron chi connectivity index (χ2n) is 3.25. The van der Waals surface area contributed by atoms with E-state index in [2.05, 4.69) is 11.6 Å². The van der Waals surface area contributed by atoms with Crippen molar-refractivity contribution in [1.29, 1.82) is 0 Å². The van der Waals surface area contributed by atoms with E-state index < -0.39 is 0 Å². The van der Waals surface area contributed by atoms with E-state index in [0.717, 1.165) is 11.4 Å². The summed E-state index contributed by atoms with van der Waals surface area (Å²) in [6.07, 6.45) is 5.28. The first-order chi connectivity index (χ1) is 7.31. The molecule has 0 unspecified atom stereocenters. The fraction of sp³-hybridized carbons (Fsp3) is 0.0833. The van der Waals surface area contributed by atoms with Crippen LogP contribution in [0.5, 0.6) is 5.75 Å². The maximum atomic E-state index is 9.61. The van der Waals surface area contributed by atoms with Crippen LogP contribution in [0.15, 0.2) is 43.2 Å². The first-order valence-electron chi connectivity index (χ1n) is 4.71. The van der Waals surface area contributed by atoms with Crippen LogP contribution in [0.1, 0.15) is 11.4 Å². The zero-order valence-electron chi connectivity index (χ0n) is 8.30. The minimum absolute atomic E-state index is 0.307. The van der Waals surface area contributed by atoms with Gasteiger partial charge in [-0.2, -0.15) is 0 Å². The molecule has 3 heteroatoms. The predicted octanol–water partition coefficient (Wildman–Crippen LogP) is 2.28. The molecule has 0 radical (unpaired) electrons. The van der Waals surface area contributed by atoms with E-state index in [1.54, 1.807) is 24.4 Å². The third kappa shape index (κ3) is 1.91. The summed E-state index contributed by atoms with van der Waals surface area (Å²) in [6, 6.07) is 7.28. The lowest BCUT2D eigenvalue weighted by atomic mass is 10.2. The summed E-state index contributed by atoms with van der Waals surface area (Å²) < 4.78 is 1.93. The van der Waals surface area contributed by atoms with Gasteiger partial charge in [0.25, 0.3) is 0 Å². The number of hydrogen-bond acceptors (Lipinski definition) is 2. The van der Waals surface area contributed by atoms with Crippen molar-refractivity contribution in [1.82, 2.24) is 9.55 Å². The lowest BCUT2D eigenvalue weighted by molar-refractivity contribution is 0.466. The van der Waals surface area contributed by atoms with Crippen LogP contribution in [-0.4, -0.2) is 14.7 Å². The largest absolute Gasteiger partial charge is 0.508 e. The normalized spacial score (nSPS) is 10.1. The molecule has 0 bridgehead atoms. The average molecular weight is 200 g/mol. The number of benzene rings is 1. The molecule has 0 saturated heterocycles. The molecule has 1 N–H and O–H groups in total. The van der Waals surface area contributed by atoms with Crippen molar-refractivity contribution >= 4 is 6.08 Å². The van der Waals surface area contributed by atoms with E-state index in [1.165, 1.54) is 0 Å². The molecule has 0 atom stereocenters. The first-order valence-corrected chi connectivity index (χ1v) is 4.71. The van der Waals surface area contributed by atoms with Gasteiger partial charge in [-0.25, -0.2) is 4.98 Å². The molecule has 0 aliphatic carbocycles. The molecule has 2 rings (SSSR count). The standard InChI is InChI=1S/C12H12N2O/c1-2-12-13-7-8-14(12)9-10-5-3-4-6-11(10)15/h2-8,15H,1,9H2. The Bertz CT molecular complexity index is 474. The molecule has 1 heterocycles. The lowest BCUT2D eigenvalue weighted by Crippen LogP contribution is -2.00. The number of para-hydroxylation sites is 1. The van der Waals surface area contributed by atoms with Crippen LogP contribution in [0.25, 0.3) is 6.08 Å². The number of rotatable bonds is 3. The summed E-state index contributed by atoms with van der Waals surface area (Å²) in [6.45, 7) is 4.29. The molecule has 0 aliphatic rings. The molecule has 76 valence electrons. The number of aromatic nitrogens is 2. The van der Waals surface area contributed by atoms with Gasteiger partial charge in [0.1, 0.15) is 11.6 Å². The molecule has 1 aromatic carbocycles. The second-order valence-corrected chi connectivity index (χ2v) is 3.25. The summed E-state index contributed by atoms with van der Waals surface area (Å²) in [7, 11) is 0. The van der Waals surface area contributed by atoms with Crippen LogP contribution >= 0.6 is 0 Å². The minimum atomic E-state index is 0.307.